The number of carboxylic acids is 1. The first-order valence-corrected chi connectivity index (χ1v) is 6.89. The van der Waals surface area contributed by atoms with E-state index >= 15 is 0 Å². The fourth-order valence-electron chi connectivity index (χ4n) is 1.96. The van der Waals surface area contributed by atoms with Crippen LogP contribution in [0.15, 0.2) is 12.3 Å². The SMILES string of the molecule is Cc1nc(C)c(-c2nnc3c(Cl)cc(C(=O)O)cn23)s1. The van der Waals surface area contributed by atoms with Crippen molar-refractivity contribution in [3.8, 4) is 10.7 Å². The quantitative estimate of drug-likeness (QED) is 0.787. The lowest BCUT2D eigenvalue weighted by molar-refractivity contribution is 0.0696. The largest absolute Gasteiger partial charge is 0.478 e. The van der Waals surface area contributed by atoms with Crippen molar-refractivity contribution < 1.29 is 9.90 Å². The number of fused-ring (bicyclic) bond motifs is 1. The second kappa shape index (κ2) is 4.53. The highest BCUT2D eigenvalue weighted by Gasteiger charge is 2.18. The normalized spacial score (nSPS) is 11.2. The number of rotatable bonds is 2. The maximum Gasteiger partial charge on any atom is 0.337 e. The summed E-state index contributed by atoms with van der Waals surface area (Å²) in [4.78, 5) is 16.3. The molecular weight excluding hydrogens is 300 g/mol. The highest BCUT2D eigenvalue weighted by Crippen LogP contribution is 2.30. The molecule has 0 saturated carbocycles. The van der Waals surface area contributed by atoms with Gasteiger partial charge in [-0.05, 0) is 19.9 Å². The minimum Gasteiger partial charge on any atom is -0.478 e. The minimum absolute atomic E-state index is 0.0856. The molecule has 0 aliphatic heterocycles. The summed E-state index contributed by atoms with van der Waals surface area (Å²) in [5, 5.41) is 18.4. The average molecular weight is 309 g/mol. The molecule has 3 heterocycles. The second-order valence-electron chi connectivity index (χ2n) is 4.25. The molecule has 0 fully saturated rings. The Labute approximate surface area is 122 Å². The van der Waals surface area contributed by atoms with Crippen LogP contribution in [0.2, 0.25) is 5.02 Å². The predicted octanol–water partition coefficient (Wildman–Crippen LogP) is 2.82. The van der Waals surface area contributed by atoms with Crippen molar-refractivity contribution in [1.29, 1.82) is 0 Å². The molecule has 6 nitrogen and oxygen atoms in total. The van der Waals surface area contributed by atoms with Crippen molar-refractivity contribution in [3.63, 3.8) is 0 Å². The van der Waals surface area contributed by atoms with Crippen LogP contribution >= 0.6 is 22.9 Å². The molecule has 8 heteroatoms. The van der Waals surface area contributed by atoms with Crippen molar-refractivity contribution in [1.82, 2.24) is 19.6 Å². The molecule has 102 valence electrons. The van der Waals surface area contributed by atoms with Crippen LogP contribution in [-0.2, 0) is 0 Å². The highest BCUT2D eigenvalue weighted by molar-refractivity contribution is 7.15. The molecule has 0 amide bonds. The monoisotopic (exact) mass is 308 g/mol. The minimum atomic E-state index is -1.05. The van der Waals surface area contributed by atoms with Crippen LogP contribution in [0.5, 0.6) is 0 Å². The predicted molar refractivity (Wildman–Crippen MR) is 75.5 cm³/mol. The van der Waals surface area contributed by atoms with Crippen molar-refractivity contribution in [3.05, 3.63) is 33.6 Å². The number of hydrogen-bond donors (Lipinski definition) is 1. The molecule has 0 bridgehead atoms. The van der Waals surface area contributed by atoms with E-state index in [1.54, 1.807) is 4.40 Å². The van der Waals surface area contributed by atoms with Crippen molar-refractivity contribution in [2.45, 2.75) is 13.8 Å². The van der Waals surface area contributed by atoms with E-state index in [9.17, 15) is 4.79 Å². The van der Waals surface area contributed by atoms with Gasteiger partial charge in [0, 0.05) is 6.20 Å². The van der Waals surface area contributed by atoms with Gasteiger partial charge in [-0.25, -0.2) is 9.78 Å². The molecule has 3 rings (SSSR count). The number of aromatic nitrogens is 4. The van der Waals surface area contributed by atoms with Gasteiger partial charge in [0.05, 0.1) is 26.2 Å². The van der Waals surface area contributed by atoms with Gasteiger partial charge in [0.25, 0.3) is 0 Å². The average Bonchev–Trinajstić information content (AvgIpc) is 2.92. The Balaban J connectivity index is 2.32. The molecule has 0 unspecified atom stereocenters. The van der Waals surface area contributed by atoms with Gasteiger partial charge < -0.3 is 5.11 Å². The van der Waals surface area contributed by atoms with Crippen molar-refractivity contribution in [2.24, 2.45) is 0 Å². The molecule has 0 aliphatic rings. The smallest absolute Gasteiger partial charge is 0.337 e. The molecule has 0 saturated heterocycles. The number of aromatic carboxylic acids is 1. The van der Waals surface area contributed by atoms with Crippen LogP contribution in [0.25, 0.3) is 16.3 Å². The summed E-state index contributed by atoms with van der Waals surface area (Å²) >= 11 is 7.54. The van der Waals surface area contributed by atoms with Crippen LogP contribution < -0.4 is 0 Å². The molecule has 0 radical (unpaired) electrons. The number of hydrogen-bond acceptors (Lipinski definition) is 5. The third-order valence-electron chi connectivity index (χ3n) is 2.81. The number of carboxylic acid groups (broad SMARTS) is 1. The van der Waals surface area contributed by atoms with E-state index in [2.05, 4.69) is 15.2 Å². The Morgan fingerprint density at radius 3 is 2.75 bits per heavy atom. The summed E-state index contributed by atoms with van der Waals surface area (Å²) < 4.78 is 1.59. The van der Waals surface area contributed by atoms with Crippen LogP contribution in [0.3, 0.4) is 0 Å². The van der Waals surface area contributed by atoms with Gasteiger partial charge in [0.2, 0.25) is 0 Å². The number of aryl methyl sites for hydroxylation is 2. The van der Waals surface area contributed by atoms with Gasteiger partial charge >= 0.3 is 5.97 Å². The van der Waals surface area contributed by atoms with Crippen molar-refractivity contribution in [2.75, 3.05) is 0 Å². The van der Waals surface area contributed by atoms with E-state index in [-0.39, 0.29) is 10.6 Å². The van der Waals surface area contributed by atoms with E-state index in [1.807, 2.05) is 13.8 Å². The van der Waals surface area contributed by atoms with E-state index < -0.39 is 5.97 Å². The Bertz CT molecular complexity index is 839. The van der Waals surface area contributed by atoms with Gasteiger partial charge in [0.15, 0.2) is 11.5 Å². The molecule has 3 aromatic heterocycles. The number of halogens is 1. The molecule has 0 aliphatic carbocycles. The summed E-state index contributed by atoms with van der Waals surface area (Å²) in [6.45, 7) is 3.78. The highest BCUT2D eigenvalue weighted by atomic mass is 35.5. The van der Waals surface area contributed by atoms with E-state index in [0.717, 1.165) is 15.6 Å². The van der Waals surface area contributed by atoms with Crippen LogP contribution in [0.4, 0.5) is 0 Å². The first-order chi connectivity index (χ1) is 9.47. The molecule has 0 spiro atoms. The topological polar surface area (TPSA) is 80.4 Å². The van der Waals surface area contributed by atoms with Crippen LogP contribution in [0, 0.1) is 13.8 Å². The molecule has 0 aromatic carbocycles. The fraction of sp³-hybridized carbons (Fsp3) is 0.167. The van der Waals surface area contributed by atoms with E-state index in [4.69, 9.17) is 16.7 Å². The first-order valence-electron chi connectivity index (χ1n) is 5.69. The Kier molecular flexibility index (Phi) is 2.95. The Morgan fingerprint density at radius 1 is 1.40 bits per heavy atom. The zero-order valence-corrected chi connectivity index (χ0v) is 12.2. The van der Waals surface area contributed by atoms with E-state index in [0.29, 0.717) is 11.5 Å². The maximum absolute atomic E-state index is 11.1. The number of carbonyl (C=O) groups is 1. The molecular formula is C12H9ClN4O2S. The first kappa shape index (κ1) is 13.0. The Hall–Kier alpha value is -1.99. The van der Waals surface area contributed by atoms with Crippen LogP contribution in [0.1, 0.15) is 21.1 Å². The maximum atomic E-state index is 11.1. The second-order valence-corrected chi connectivity index (χ2v) is 5.86. The molecule has 0 atom stereocenters. The van der Waals surface area contributed by atoms with Gasteiger partial charge in [-0.1, -0.05) is 11.6 Å². The van der Waals surface area contributed by atoms with Gasteiger partial charge in [-0.2, -0.15) is 0 Å². The molecule has 1 N–H and O–H groups in total. The summed E-state index contributed by atoms with van der Waals surface area (Å²) in [5.41, 5.74) is 1.35. The standard InChI is InChI=1S/C12H9ClN4O2S/c1-5-9(20-6(2)14-5)11-16-15-10-8(13)3-7(12(18)19)4-17(10)11/h3-4H,1-2H3,(H,18,19). The van der Waals surface area contributed by atoms with Crippen LogP contribution in [-0.4, -0.2) is 30.7 Å². The third kappa shape index (κ3) is 1.95. The number of nitrogens with zero attached hydrogens (tertiary/aromatic N) is 4. The zero-order chi connectivity index (χ0) is 14.4. The lowest BCUT2D eigenvalue weighted by atomic mass is 10.3. The number of pyridine rings is 1. The lowest BCUT2D eigenvalue weighted by Crippen LogP contribution is -2.00. The Morgan fingerprint density at radius 2 is 2.15 bits per heavy atom. The fourth-order valence-corrected chi connectivity index (χ4v) is 3.11. The van der Waals surface area contributed by atoms with Gasteiger partial charge in [-0.3, -0.25) is 4.40 Å². The zero-order valence-electron chi connectivity index (χ0n) is 10.6. The van der Waals surface area contributed by atoms with E-state index in [1.165, 1.54) is 23.6 Å². The van der Waals surface area contributed by atoms with Gasteiger partial charge in [-0.15, -0.1) is 21.5 Å². The lowest BCUT2D eigenvalue weighted by Gasteiger charge is -2.01. The van der Waals surface area contributed by atoms with Crippen molar-refractivity contribution >= 4 is 34.6 Å². The summed E-state index contributed by atoms with van der Waals surface area (Å²) in [7, 11) is 0. The summed E-state index contributed by atoms with van der Waals surface area (Å²) in [5.74, 6) is -0.501. The summed E-state index contributed by atoms with van der Waals surface area (Å²) in [6, 6.07) is 1.36. The number of thiazole rings is 1. The van der Waals surface area contributed by atoms with Gasteiger partial charge in [0.1, 0.15) is 0 Å². The molecule has 20 heavy (non-hydrogen) atoms. The summed E-state index contributed by atoms with van der Waals surface area (Å²) in [6.07, 6.45) is 1.47. The third-order valence-corrected chi connectivity index (χ3v) is 4.16. The molecule has 3 aromatic rings.